The predicted octanol–water partition coefficient (Wildman–Crippen LogP) is 2.44. The van der Waals surface area contributed by atoms with Gasteiger partial charge in [-0.3, -0.25) is 0 Å². The second-order valence-corrected chi connectivity index (χ2v) is 5.73. The van der Waals surface area contributed by atoms with Crippen molar-refractivity contribution in [3.05, 3.63) is 34.6 Å². The Morgan fingerprint density at radius 3 is 2.89 bits per heavy atom. The molecule has 0 saturated carbocycles. The number of aliphatic hydroxyl groups excluding tert-OH is 1. The zero-order chi connectivity index (χ0) is 13.6. The number of hydrogen-bond acceptors (Lipinski definition) is 5. The average Bonchev–Trinajstić information content (AvgIpc) is 2.96. The van der Waals surface area contributed by atoms with Crippen LogP contribution in [0.15, 0.2) is 18.5 Å². The molecule has 2 aromatic rings. The van der Waals surface area contributed by atoms with Crippen LogP contribution in [-0.4, -0.2) is 26.2 Å². The number of nitrogens with zero attached hydrogens (tertiary/aromatic N) is 2. The van der Waals surface area contributed by atoms with Crippen LogP contribution in [-0.2, 0) is 0 Å². The molecule has 2 N–H and O–H groups in total. The van der Waals surface area contributed by atoms with Crippen LogP contribution in [0.5, 0.6) is 0 Å². The van der Waals surface area contributed by atoms with Gasteiger partial charge in [0.05, 0.1) is 22.4 Å². The van der Waals surface area contributed by atoms with E-state index in [9.17, 15) is 9.90 Å². The monoisotopic (exact) mass is 276 g/mol. The molecule has 1 aliphatic rings. The number of aromatic carboxylic acids is 1. The molecule has 0 aliphatic heterocycles. The molecule has 2 aromatic heterocycles. The van der Waals surface area contributed by atoms with Gasteiger partial charge in [0.1, 0.15) is 11.2 Å². The van der Waals surface area contributed by atoms with E-state index in [1.165, 1.54) is 17.7 Å². The van der Waals surface area contributed by atoms with Gasteiger partial charge < -0.3 is 10.2 Å². The largest absolute Gasteiger partial charge is 0.477 e. The zero-order valence-electron chi connectivity index (χ0n) is 10.2. The number of carboxylic acids is 1. The van der Waals surface area contributed by atoms with Crippen LogP contribution in [0.2, 0.25) is 0 Å². The summed E-state index contributed by atoms with van der Waals surface area (Å²) in [5, 5.41) is 18.9. The fourth-order valence-corrected chi connectivity index (χ4v) is 3.36. The number of fused-ring (bicyclic) bond motifs is 1. The maximum Gasteiger partial charge on any atom is 0.345 e. The Hall–Kier alpha value is -1.79. The van der Waals surface area contributed by atoms with Crippen molar-refractivity contribution in [3.8, 4) is 10.6 Å². The van der Waals surface area contributed by atoms with E-state index in [2.05, 4.69) is 9.97 Å². The van der Waals surface area contributed by atoms with E-state index in [0.29, 0.717) is 12.1 Å². The van der Waals surface area contributed by atoms with Crippen LogP contribution in [0, 0.1) is 0 Å². The zero-order valence-corrected chi connectivity index (χ0v) is 11.0. The first kappa shape index (κ1) is 12.3. The summed E-state index contributed by atoms with van der Waals surface area (Å²) in [6.45, 7) is 2.02. The van der Waals surface area contributed by atoms with Crippen LogP contribution in [0.4, 0.5) is 0 Å². The van der Waals surface area contributed by atoms with E-state index in [1.54, 1.807) is 12.1 Å². The van der Waals surface area contributed by atoms with Gasteiger partial charge in [0, 0.05) is 5.56 Å². The summed E-state index contributed by atoms with van der Waals surface area (Å²) in [5.74, 6) is -0.758. The lowest BCUT2D eigenvalue weighted by Crippen LogP contribution is -1.98. The van der Waals surface area contributed by atoms with Crippen molar-refractivity contribution in [2.24, 2.45) is 0 Å². The number of thiophene rings is 1. The van der Waals surface area contributed by atoms with E-state index in [0.717, 1.165) is 16.1 Å². The summed E-state index contributed by atoms with van der Waals surface area (Å²) in [6, 6.07) is 3.33. The van der Waals surface area contributed by atoms with Crippen molar-refractivity contribution < 1.29 is 15.0 Å². The number of hydrogen-bond donors (Lipinski definition) is 2. The van der Waals surface area contributed by atoms with Crippen LogP contribution in [0.3, 0.4) is 0 Å². The summed E-state index contributed by atoms with van der Waals surface area (Å²) in [4.78, 5) is 20.4. The quantitative estimate of drug-likeness (QED) is 0.880. The van der Waals surface area contributed by atoms with E-state index in [1.807, 2.05) is 6.92 Å². The minimum Gasteiger partial charge on any atom is -0.477 e. The van der Waals surface area contributed by atoms with Crippen molar-refractivity contribution in [1.29, 1.82) is 0 Å². The molecule has 5 nitrogen and oxygen atoms in total. The minimum absolute atomic E-state index is 0.177. The van der Waals surface area contributed by atoms with Gasteiger partial charge in [0.25, 0.3) is 0 Å². The van der Waals surface area contributed by atoms with Crippen molar-refractivity contribution in [2.75, 3.05) is 0 Å². The first-order valence-electron chi connectivity index (χ1n) is 5.94. The summed E-state index contributed by atoms with van der Waals surface area (Å²) in [5.41, 5.74) is 2.35. The highest BCUT2D eigenvalue weighted by Crippen LogP contribution is 2.43. The molecule has 1 unspecified atom stereocenters. The van der Waals surface area contributed by atoms with E-state index < -0.39 is 12.1 Å². The fourth-order valence-electron chi connectivity index (χ4n) is 2.50. The van der Waals surface area contributed by atoms with E-state index in [-0.39, 0.29) is 10.8 Å². The molecule has 0 saturated heterocycles. The molecule has 0 aromatic carbocycles. The highest BCUT2D eigenvalue weighted by atomic mass is 32.1. The first-order chi connectivity index (χ1) is 9.08. The Morgan fingerprint density at radius 2 is 2.21 bits per heavy atom. The summed E-state index contributed by atoms with van der Waals surface area (Å²) < 4.78 is 0. The molecule has 98 valence electrons. The Bertz CT molecular complexity index is 653. The molecule has 6 heteroatoms. The third-order valence-corrected chi connectivity index (χ3v) is 4.43. The van der Waals surface area contributed by atoms with Crippen LogP contribution in [0.25, 0.3) is 10.6 Å². The molecular formula is C13H12N2O3S. The molecule has 2 atom stereocenters. The van der Waals surface area contributed by atoms with Gasteiger partial charge in [-0.05, 0) is 24.5 Å². The standard InChI is InChI=1S/C13H12N2O3S/c1-6-4-7(16)11-10(6)12(15-5-14-11)8-2-3-9(19-8)13(17)18/h2-3,5-7,16H,4H2,1H3,(H,17,18)/t6-,7?/m1/s1. The topological polar surface area (TPSA) is 83.3 Å². The Morgan fingerprint density at radius 1 is 1.42 bits per heavy atom. The minimum atomic E-state index is -0.935. The van der Waals surface area contributed by atoms with Gasteiger partial charge >= 0.3 is 5.97 Å². The lowest BCUT2D eigenvalue weighted by Gasteiger charge is -2.08. The van der Waals surface area contributed by atoms with Crippen LogP contribution < -0.4 is 0 Å². The van der Waals surface area contributed by atoms with Gasteiger partial charge in [-0.2, -0.15) is 0 Å². The molecule has 0 amide bonds. The SMILES string of the molecule is C[C@@H]1CC(O)c2ncnc(-c3ccc(C(=O)O)s3)c21. The highest BCUT2D eigenvalue weighted by Gasteiger charge is 2.31. The van der Waals surface area contributed by atoms with Crippen molar-refractivity contribution in [3.63, 3.8) is 0 Å². The van der Waals surface area contributed by atoms with Crippen molar-refractivity contribution >= 4 is 17.3 Å². The number of aromatic nitrogens is 2. The molecule has 19 heavy (non-hydrogen) atoms. The molecule has 2 heterocycles. The highest BCUT2D eigenvalue weighted by molar-refractivity contribution is 7.17. The fraction of sp³-hybridized carbons (Fsp3) is 0.308. The molecule has 0 spiro atoms. The number of carbonyl (C=O) groups is 1. The lowest BCUT2D eigenvalue weighted by molar-refractivity contribution is 0.0702. The van der Waals surface area contributed by atoms with Crippen molar-refractivity contribution in [2.45, 2.75) is 25.4 Å². The number of rotatable bonds is 2. The third kappa shape index (κ3) is 1.93. The van der Waals surface area contributed by atoms with E-state index in [4.69, 9.17) is 5.11 Å². The summed E-state index contributed by atoms with van der Waals surface area (Å²) >= 11 is 1.19. The summed E-state index contributed by atoms with van der Waals surface area (Å²) in [6.07, 6.45) is 1.51. The third-order valence-electron chi connectivity index (χ3n) is 3.35. The van der Waals surface area contributed by atoms with Crippen LogP contribution >= 0.6 is 11.3 Å². The molecular weight excluding hydrogens is 264 g/mol. The lowest BCUT2D eigenvalue weighted by atomic mass is 10.0. The van der Waals surface area contributed by atoms with Gasteiger partial charge in [0.2, 0.25) is 0 Å². The molecule has 1 aliphatic carbocycles. The van der Waals surface area contributed by atoms with Gasteiger partial charge in [0.15, 0.2) is 0 Å². The number of aliphatic hydroxyl groups is 1. The normalized spacial score (nSPS) is 21.4. The maximum absolute atomic E-state index is 10.9. The Balaban J connectivity index is 2.13. The summed E-state index contributed by atoms with van der Waals surface area (Å²) in [7, 11) is 0. The first-order valence-corrected chi connectivity index (χ1v) is 6.76. The second-order valence-electron chi connectivity index (χ2n) is 4.64. The van der Waals surface area contributed by atoms with Gasteiger partial charge in [-0.1, -0.05) is 6.92 Å². The molecule has 0 radical (unpaired) electrons. The predicted molar refractivity (Wildman–Crippen MR) is 70.3 cm³/mol. The van der Waals surface area contributed by atoms with Crippen LogP contribution in [0.1, 0.15) is 46.3 Å². The van der Waals surface area contributed by atoms with E-state index >= 15 is 0 Å². The van der Waals surface area contributed by atoms with Gasteiger partial charge in [-0.25, -0.2) is 14.8 Å². The Kier molecular flexibility index (Phi) is 2.83. The van der Waals surface area contributed by atoms with Gasteiger partial charge in [-0.15, -0.1) is 11.3 Å². The number of carboxylic acid groups (broad SMARTS) is 1. The second kappa shape index (κ2) is 4.40. The molecule has 0 fully saturated rings. The van der Waals surface area contributed by atoms with Crippen molar-refractivity contribution in [1.82, 2.24) is 9.97 Å². The Labute approximate surface area is 113 Å². The average molecular weight is 276 g/mol. The molecule has 0 bridgehead atoms. The smallest absolute Gasteiger partial charge is 0.345 e. The molecule has 3 rings (SSSR count). The maximum atomic E-state index is 10.9.